The zero-order chi connectivity index (χ0) is 18.2. The van der Waals surface area contributed by atoms with Crippen molar-refractivity contribution in [2.45, 2.75) is 64.6 Å². The molecule has 2 atom stereocenters. The molecule has 0 amide bonds. The molecule has 1 aliphatic rings. The smallest absolute Gasteiger partial charge is 0.106 e. The van der Waals surface area contributed by atoms with Crippen LogP contribution in [0.2, 0.25) is 0 Å². The van der Waals surface area contributed by atoms with Gasteiger partial charge in [-0.15, -0.1) is 0 Å². The minimum absolute atomic E-state index is 0.0680. The van der Waals surface area contributed by atoms with Gasteiger partial charge in [-0.25, -0.2) is 0 Å². The van der Waals surface area contributed by atoms with Crippen LogP contribution in [0.3, 0.4) is 0 Å². The molecule has 1 saturated heterocycles. The van der Waals surface area contributed by atoms with E-state index in [0.29, 0.717) is 6.61 Å². The molecular weight excluding hydrogens is 320 g/mol. The Morgan fingerprint density at radius 2 is 1.46 bits per heavy atom. The van der Waals surface area contributed by atoms with Crippen molar-refractivity contribution >= 4 is 0 Å². The second kappa shape index (κ2) is 9.89. The van der Waals surface area contributed by atoms with Crippen molar-refractivity contribution in [3.8, 4) is 11.1 Å². The van der Waals surface area contributed by atoms with E-state index in [9.17, 15) is 0 Å². The lowest BCUT2D eigenvalue weighted by atomic mass is 10.00. The van der Waals surface area contributed by atoms with Gasteiger partial charge in [-0.1, -0.05) is 88.1 Å². The lowest BCUT2D eigenvalue weighted by Gasteiger charge is -2.30. The van der Waals surface area contributed by atoms with E-state index in [-0.39, 0.29) is 12.2 Å². The molecule has 0 N–H and O–H groups in total. The number of hydrogen-bond acceptors (Lipinski definition) is 2. The van der Waals surface area contributed by atoms with Crippen LogP contribution in [-0.2, 0) is 15.9 Å². The summed E-state index contributed by atoms with van der Waals surface area (Å²) < 4.78 is 12.1. The van der Waals surface area contributed by atoms with Crippen molar-refractivity contribution in [3.05, 3.63) is 59.7 Å². The van der Waals surface area contributed by atoms with E-state index in [2.05, 4.69) is 62.4 Å². The summed E-state index contributed by atoms with van der Waals surface area (Å²) in [4.78, 5) is 0. The molecule has 0 unspecified atom stereocenters. The fraction of sp³-hybridized carbons (Fsp3) is 0.500. The molecule has 2 heteroatoms. The third-order valence-electron chi connectivity index (χ3n) is 5.32. The predicted octanol–water partition coefficient (Wildman–Crippen LogP) is 6.34. The lowest BCUT2D eigenvalue weighted by Crippen LogP contribution is -2.31. The van der Waals surface area contributed by atoms with Gasteiger partial charge in [0.05, 0.1) is 19.3 Å². The molecule has 140 valence electrons. The summed E-state index contributed by atoms with van der Waals surface area (Å²) in [6, 6.07) is 17.6. The Morgan fingerprint density at radius 3 is 2.04 bits per heavy atom. The Hall–Kier alpha value is -1.64. The van der Waals surface area contributed by atoms with Crippen molar-refractivity contribution in [2.75, 3.05) is 13.2 Å². The highest BCUT2D eigenvalue weighted by Crippen LogP contribution is 2.27. The Bertz CT molecular complexity index is 637. The summed E-state index contributed by atoms with van der Waals surface area (Å²) in [5, 5.41) is 0. The zero-order valence-corrected chi connectivity index (χ0v) is 16.2. The summed E-state index contributed by atoms with van der Waals surface area (Å²) in [6.45, 7) is 5.82. The van der Waals surface area contributed by atoms with Gasteiger partial charge in [0.15, 0.2) is 0 Å². The van der Waals surface area contributed by atoms with Gasteiger partial charge in [0.2, 0.25) is 0 Å². The normalized spacial score (nSPS) is 20.2. The van der Waals surface area contributed by atoms with Crippen molar-refractivity contribution in [3.63, 3.8) is 0 Å². The second-order valence-corrected chi connectivity index (χ2v) is 7.30. The molecular formula is C24H32O2. The van der Waals surface area contributed by atoms with Gasteiger partial charge in [0.1, 0.15) is 6.10 Å². The topological polar surface area (TPSA) is 18.5 Å². The minimum Gasteiger partial charge on any atom is -0.373 e. The summed E-state index contributed by atoms with van der Waals surface area (Å²) in [5.41, 5.74) is 5.11. The Labute approximate surface area is 158 Å². The molecule has 0 aromatic heterocycles. The van der Waals surface area contributed by atoms with Gasteiger partial charge in [-0.2, -0.15) is 0 Å². The van der Waals surface area contributed by atoms with Crippen molar-refractivity contribution < 1.29 is 9.47 Å². The Balaban J connectivity index is 1.51. The zero-order valence-electron chi connectivity index (χ0n) is 16.2. The molecule has 0 saturated carbocycles. The maximum Gasteiger partial charge on any atom is 0.106 e. The van der Waals surface area contributed by atoms with E-state index in [1.807, 2.05) is 0 Å². The molecule has 2 aromatic rings. The van der Waals surface area contributed by atoms with Crippen LogP contribution in [0, 0.1) is 0 Å². The highest BCUT2D eigenvalue weighted by molar-refractivity contribution is 5.64. The molecule has 1 aliphatic heterocycles. The number of unbranched alkanes of at least 4 members (excludes halogenated alkanes) is 3. The summed E-state index contributed by atoms with van der Waals surface area (Å²) >= 11 is 0. The first-order chi connectivity index (χ1) is 12.8. The van der Waals surface area contributed by atoms with E-state index in [1.54, 1.807) is 0 Å². The van der Waals surface area contributed by atoms with Gasteiger partial charge >= 0.3 is 0 Å². The van der Waals surface area contributed by atoms with Crippen LogP contribution < -0.4 is 0 Å². The number of rotatable bonds is 8. The summed E-state index contributed by atoms with van der Waals surface area (Å²) in [6.07, 6.45) is 7.71. The third-order valence-corrected chi connectivity index (χ3v) is 5.32. The van der Waals surface area contributed by atoms with Crippen LogP contribution >= 0.6 is 0 Å². The molecule has 0 aliphatic carbocycles. The Morgan fingerprint density at radius 1 is 0.769 bits per heavy atom. The largest absolute Gasteiger partial charge is 0.373 e. The van der Waals surface area contributed by atoms with E-state index in [0.717, 1.165) is 19.4 Å². The van der Waals surface area contributed by atoms with Crippen molar-refractivity contribution in [2.24, 2.45) is 0 Å². The van der Waals surface area contributed by atoms with E-state index in [4.69, 9.17) is 9.47 Å². The van der Waals surface area contributed by atoms with Crippen molar-refractivity contribution in [1.82, 2.24) is 0 Å². The molecule has 0 radical (unpaired) electrons. The molecule has 3 rings (SSSR count). The molecule has 2 aromatic carbocycles. The lowest BCUT2D eigenvalue weighted by molar-refractivity contribution is -0.137. The SMILES string of the molecule is CCCCCC[C@H]1CO[C@H](c2ccc(-c3ccc(CC)cc3)cc2)CO1. The van der Waals surface area contributed by atoms with E-state index >= 15 is 0 Å². The minimum atomic E-state index is 0.0680. The fourth-order valence-electron chi connectivity index (χ4n) is 3.52. The van der Waals surface area contributed by atoms with Crippen LogP contribution in [0.4, 0.5) is 0 Å². The first kappa shape index (κ1) is 19.1. The molecule has 26 heavy (non-hydrogen) atoms. The standard InChI is InChI=1S/C24H32O2/c1-3-5-6-7-8-23-17-26-24(18-25-23)22-15-13-21(14-16-22)20-11-9-19(4-2)10-12-20/h9-16,23-24H,3-8,17-18H2,1-2H3/t23-,24-/m0/s1. The van der Waals surface area contributed by atoms with E-state index < -0.39 is 0 Å². The summed E-state index contributed by atoms with van der Waals surface area (Å²) in [7, 11) is 0. The average Bonchev–Trinajstić information content (AvgIpc) is 2.72. The van der Waals surface area contributed by atoms with Crippen LogP contribution in [-0.4, -0.2) is 19.3 Å². The maximum atomic E-state index is 6.08. The molecule has 0 spiro atoms. The van der Waals surface area contributed by atoms with Gasteiger partial charge in [-0.05, 0) is 35.1 Å². The van der Waals surface area contributed by atoms with Crippen LogP contribution in [0.25, 0.3) is 11.1 Å². The predicted molar refractivity (Wildman–Crippen MR) is 108 cm³/mol. The van der Waals surface area contributed by atoms with Crippen LogP contribution in [0.15, 0.2) is 48.5 Å². The first-order valence-corrected chi connectivity index (χ1v) is 10.2. The van der Waals surface area contributed by atoms with Gasteiger partial charge in [0.25, 0.3) is 0 Å². The summed E-state index contributed by atoms with van der Waals surface area (Å²) in [5.74, 6) is 0. The van der Waals surface area contributed by atoms with Crippen LogP contribution in [0.1, 0.15) is 63.2 Å². The number of hydrogen-bond donors (Lipinski definition) is 0. The molecule has 1 heterocycles. The van der Waals surface area contributed by atoms with Crippen molar-refractivity contribution in [1.29, 1.82) is 0 Å². The number of aryl methyl sites for hydroxylation is 1. The quantitative estimate of drug-likeness (QED) is 0.516. The average molecular weight is 353 g/mol. The molecule has 2 nitrogen and oxygen atoms in total. The Kier molecular flexibility index (Phi) is 7.28. The van der Waals surface area contributed by atoms with Gasteiger partial charge in [0, 0.05) is 0 Å². The van der Waals surface area contributed by atoms with Gasteiger partial charge < -0.3 is 9.47 Å². The first-order valence-electron chi connectivity index (χ1n) is 10.2. The highest BCUT2D eigenvalue weighted by atomic mass is 16.6. The van der Waals surface area contributed by atoms with Crippen LogP contribution in [0.5, 0.6) is 0 Å². The number of benzene rings is 2. The molecule has 0 bridgehead atoms. The maximum absolute atomic E-state index is 6.08. The monoisotopic (exact) mass is 352 g/mol. The second-order valence-electron chi connectivity index (χ2n) is 7.30. The van der Waals surface area contributed by atoms with Gasteiger partial charge in [-0.3, -0.25) is 0 Å². The highest BCUT2D eigenvalue weighted by Gasteiger charge is 2.23. The number of ether oxygens (including phenoxy) is 2. The third kappa shape index (κ3) is 5.18. The fourth-order valence-corrected chi connectivity index (χ4v) is 3.52. The van der Waals surface area contributed by atoms with E-state index in [1.165, 1.54) is 47.9 Å². The molecule has 1 fully saturated rings.